The zero-order valence-corrected chi connectivity index (χ0v) is 18.2. The smallest absolute Gasteiger partial charge is 0.225 e. The first kappa shape index (κ1) is 21.2. The van der Waals surface area contributed by atoms with E-state index in [0.29, 0.717) is 36.3 Å². The predicted octanol–water partition coefficient (Wildman–Crippen LogP) is 4.46. The molecule has 0 radical (unpaired) electrons. The molecular weight excluding hydrogens is 418 g/mol. The summed E-state index contributed by atoms with van der Waals surface area (Å²) in [5.74, 6) is 0.284. The molecule has 2 N–H and O–H groups in total. The van der Waals surface area contributed by atoms with Gasteiger partial charge in [0.2, 0.25) is 5.91 Å². The zero-order chi connectivity index (χ0) is 22.1. The number of phenolic OH excluding ortho intramolecular Hbond substituents is 1. The van der Waals surface area contributed by atoms with E-state index in [1.807, 2.05) is 24.3 Å². The molecule has 0 unspecified atom stereocenters. The van der Waals surface area contributed by atoms with Crippen LogP contribution < -0.4 is 14.8 Å². The maximum absolute atomic E-state index is 13.2. The van der Waals surface area contributed by atoms with E-state index in [4.69, 9.17) is 21.1 Å². The Morgan fingerprint density at radius 1 is 1.10 bits per heavy atom. The molecule has 1 heterocycles. The number of carbonyl (C=O) groups excluding carboxylic acids is 2. The summed E-state index contributed by atoms with van der Waals surface area (Å²) in [7, 11) is 1.61. The first-order valence-corrected chi connectivity index (χ1v) is 10.6. The Morgan fingerprint density at radius 3 is 2.52 bits per heavy atom. The number of carbonyl (C=O) groups is 2. The third-order valence-electron chi connectivity index (χ3n) is 5.88. The van der Waals surface area contributed by atoms with Crippen LogP contribution in [0.3, 0.4) is 0 Å². The van der Waals surface area contributed by atoms with Crippen LogP contribution >= 0.6 is 11.6 Å². The lowest BCUT2D eigenvalue weighted by Crippen LogP contribution is -2.38. The van der Waals surface area contributed by atoms with Gasteiger partial charge in [0.05, 0.1) is 18.7 Å². The highest BCUT2D eigenvalue weighted by Crippen LogP contribution is 2.45. The number of hydrogen-bond donors (Lipinski definition) is 2. The third kappa shape index (κ3) is 4.12. The van der Waals surface area contributed by atoms with Crippen LogP contribution in [-0.2, 0) is 9.59 Å². The standard InChI is InChI=1S/C24H24ClNO5/c1-3-31-21-11-15(8-18(25)24(21)29)17-12-22(28)26-19-9-14(10-20(27)23(17)19)13-4-6-16(30-2)7-5-13/h4-8,11,14,17,29H,3,9-10,12H2,1-2H3,(H,26,28)/t14-,17+/m1/s1. The number of benzene rings is 2. The third-order valence-corrected chi connectivity index (χ3v) is 6.16. The molecule has 2 aromatic carbocycles. The molecule has 7 heteroatoms. The normalized spacial score (nSPS) is 20.9. The second-order valence-electron chi connectivity index (χ2n) is 7.78. The van der Waals surface area contributed by atoms with Gasteiger partial charge in [0.1, 0.15) is 5.75 Å². The minimum Gasteiger partial charge on any atom is -0.503 e. The molecule has 1 amide bonds. The number of halogens is 1. The summed E-state index contributed by atoms with van der Waals surface area (Å²) in [6.45, 7) is 2.16. The van der Waals surface area contributed by atoms with E-state index in [9.17, 15) is 14.7 Å². The molecule has 6 nitrogen and oxygen atoms in total. The van der Waals surface area contributed by atoms with Gasteiger partial charge in [-0.25, -0.2) is 0 Å². The molecule has 0 aromatic heterocycles. The van der Waals surface area contributed by atoms with E-state index in [0.717, 1.165) is 11.3 Å². The summed E-state index contributed by atoms with van der Waals surface area (Å²) in [6, 6.07) is 10.9. The number of aromatic hydroxyl groups is 1. The van der Waals surface area contributed by atoms with Gasteiger partial charge < -0.3 is 19.9 Å². The van der Waals surface area contributed by atoms with Gasteiger partial charge in [0.25, 0.3) is 0 Å². The van der Waals surface area contributed by atoms with Crippen LogP contribution in [0.5, 0.6) is 17.2 Å². The van der Waals surface area contributed by atoms with Gasteiger partial charge in [-0.05, 0) is 54.7 Å². The maximum Gasteiger partial charge on any atom is 0.225 e. The monoisotopic (exact) mass is 441 g/mol. The van der Waals surface area contributed by atoms with E-state index in [1.165, 1.54) is 0 Å². The Hall–Kier alpha value is -2.99. The van der Waals surface area contributed by atoms with Crippen molar-refractivity contribution >= 4 is 23.3 Å². The Morgan fingerprint density at radius 2 is 1.84 bits per heavy atom. The van der Waals surface area contributed by atoms with Gasteiger partial charge in [-0.15, -0.1) is 0 Å². The van der Waals surface area contributed by atoms with E-state index in [-0.39, 0.29) is 40.6 Å². The molecule has 0 saturated heterocycles. The lowest BCUT2D eigenvalue weighted by molar-refractivity contribution is -0.122. The predicted molar refractivity (Wildman–Crippen MR) is 117 cm³/mol. The fourth-order valence-electron chi connectivity index (χ4n) is 4.42. The Bertz CT molecular complexity index is 1060. The number of rotatable bonds is 5. The first-order valence-electron chi connectivity index (χ1n) is 10.3. The molecule has 0 bridgehead atoms. The van der Waals surface area contributed by atoms with Crippen molar-refractivity contribution in [3.8, 4) is 17.2 Å². The zero-order valence-electron chi connectivity index (χ0n) is 17.4. The van der Waals surface area contributed by atoms with Gasteiger partial charge in [-0.3, -0.25) is 9.59 Å². The van der Waals surface area contributed by atoms with Crippen molar-refractivity contribution in [2.45, 2.75) is 38.0 Å². The van der Waals surface area contributed by atoms with Crippen molar-refractivity contribution in [3.05, 3.63) is 63.8 Å². The van der Waals surface area contributed by atoms with Crippen molar-refractivity contribution in [1.82, 2.24) is 5.32 Å². The van der Waals surface area contributed by atoms with Gasteiger partial charge >= 0.3 is 0 Å². The minimum atomic E-state index is -0.426. The summed E-state index contributed by atoms with van der Waals surface area (Å²) in [5.41, 5.74) is 3.00. The van der Waals surface area contributed by atoms with Gasteiger partial charge in [0, 0.05) is 30.0 Å². The van der Waals surface area contributed by atoms with Crippen LogP contribution in [0.1, 0.15) is 49.1 Å². The number of ether oxygens (including phenoxy) is 2. The largest absolute Gasteiger partial charge is 0.503 e. The summed E-state index contributed by atoms with van der Waals surface area (Å²) in [4.78, 5) is 25.8. The van der Waals surface area contributed by atoms with E-state index < -0.39 is 5.92 Å². The van der Waals surface area contributed by atoms with Crippen LogP contribution in [0.15, 0.2) is 47.7 Å². The lowest BCUT2D eigenvalue weighted by Gasteiger charge is -2.34. The van der Waals surface area contributed by atoms with Crippen molar-refractivity contribution in [3.63, 3.8) is 0 Å². The molecular formula is C24H24ClNO5. The van der Waals surface area contributed by atoms with Crippen molar-refractivity contribution in [2.24, 2.45) is 0 Å². The molecule has 1 aliphatic carbocycles. The second-order valence-corrected chi connectivity index (χ2v) is 8.19. The summed E-state index contributed by atoms with van der Waals surface area (Å²) in [6.07, 6.45) is 1.08. The fraction of sp³-hybridized carbons (Fsp3) is 0.333. The topological polar surface area (TPSA) is 84.9 Å². The number of ketones is 1. The summed E-state index contributed by atoms with van der Waals surface area (Å²) in [5, 5.41) is 13.2. The average Bonchev–Trinajstić information content (AvgIpc) is 2.76. The SMILES string of the molecule is CCOc1cc([C@@H]2CC(=O)NC3=C2C(=O)C[C@H](c2ccc(OC)cc2)C3)cc(Cl)c1O. The molecule has 2 aromatic rings. The Kier molecular flexibility index (Phi) is 5.92. The molecule has 2 aliphatic rings. The van der Waals surface area contributed by atoms with E-state index in [1.54, 1.807) is 26.2 Å². The van der Waals surface area contributed by atoms with Gasteiger partial charge in [-0.1, -0.05) is 23.7 Å². The maximum atomic E-state index is 13.2. The summed E-state index contributed by atoms with van der Waals surface area (Å²) < 4.78 is 10.7. The number of Topliss-reactive ketones (excluding diaryl/α,β-unsaturated/α-hetero) is 1. The van der Waals surface area contributed by atoms with Crippen LogP contribution in [0.4, 0.5) is 0 Å². The molecule has 162 valence electrons. The van der Waals surface area contributed by atoms with Crippen molar-refractivity contribution in [2.75, 3.05) is 13.7 Å². The molecule has 31 heavy (non-hydrogen) atoms. The number of amides is 1. The van der Waals surface area contributed by atoms with Crippen LogP contribution in [0, 0.1) is 0 Å². The number of nitrogens with one attached hydrogen (secondary N) is 1. The van der Waals surface area contributed by atoms with Crippen LogP contribution in [0.25, 0.3) is 0 Å². The summed E-state index contributed by atoms with van der Waals surface area (Å²) >= 11 is 6.21. The Labute approximate surface area is 185 Å². The van der Waals surface area contributed by atoms with Crippen molar-refractivity contribution in [1.29, 1.82) is 0 Å². The molecule has 0 saturated carbocycles. The second kappa shape index (κ2) is 8.63. The number of hydrogen-bond acceptors (Lipinski definition) is 5. The molecule has 1 aliphatic heterocycles. The molecule has 4 rings (SSSR count). The number of methoxy groups -OCH3 is 1. The lowest BCUT2D eigenvalue weighted by atomic mass is 9.73. The fourth-order valence-corrected chi connectivity index (χ4v) is 4.64. The highest BCUT2D eigenvalue weighted by Gasteiger charge is 2.38. The van der Waals surface area contributed by atoms with Gasteiger partial charge in [0.15, 0.2) is 17.3 Å². The van der Waals surface area contributed by atoms with Gasteiger partial charge in [-0.2, -0.15) is 0 Å². The minimum absolute atomic E-state index is 0.00854. The highest BCUT2D eigenvalue weighted by atomic mass is 35.5. The molecule has 2 atom stereocenters. The molecule has 0 spiro atoms. The number of phenols is 1. The number of allylic oxidation sites excluding steroid dienone is 2. The molecule has 0 fully saturated rings. The quantitative estimate of drug-likeness (QED) is 0.715. The van der Waals surface area contributed by atoms with E-state index >= 15 is 0 Å². The van der Waals surface area contributed by atoms with E-state index in [2.05, 4.69) is 5.32 Å². The van der Waals surface area contributed by atoms with Crippen molar-refractivity contribution < 1.29 is 24.2 Å². The first-order chi connectivity index (χ1) is 14.9. The van der Waals surface area contributed by atoms with Crippen LogP contribution in [-0.4, -0.2) is 30.5 Å². The highest BCUT2D eigenvalue weighted by molar-refractivity contribution is 6.32. The Balaban J connectivity index is 1.70. The average molecular weight is 442 g/mol. The van der Waals surface area contributed by atoms with Crippen LogP contribution in [0.2, 0.25) is 5.02 Å².